The first kappa shape index (κ1) is 19.7. The summed E-state index contributed by atoms with van der Waals surface area (Å²) in [6.45, 7) is 10.1. The Morgan fingerprint density at radius 1 is 1.58 bits per heavy atom. The van der Waals surface area contributed by atoms with E-state index in [2.05, 4.69) is 18.6 Å². The molecule has 2 radical (unpaired) electrons. The molecule has 0 N–H and O–H groups in total. The molecule has 4 heteroatoms. The molecule has 1 heterocycles. The second-order valence-electron chi connectivity index (χ2n) is 2.22. The van der Waals surface area contributed by atoms with Crippen molar-refractivity contribution in [2.24, 2.45) is 0 Å². The van der Waals surface area contributed by atoms with Crippen LogP contribution in [0, 0.1) is 13.8 Å². The molecule has 0 spiro atoms. The number of rotatable bonds is 2. The van der Waals surface area contributed by atoms with E-state index in [4.69, 9.17) is 4.74 Å². The van der Waals surface area contributed by atoms with Gasteiger partial charge in [0.25, 0.3) is 0 Å². The van der Waals surface area contributed by atoms with Crippen LogP contribution in [0.5, 0.6) is 0 Å². The first-order chi connectivity index (χ1) is 4.70. The maximum absolute atomic E-state index is 4.79. The molecule has 0 bridgehead atoms. The molecule has 1 saturated heterocycles. The summed E-state index contributed by atoms with van der Waals surface area (Å²) in [5.74, 6) is 0. The zero-order valence-corrected chi connectivity index (χ0v) is 13.6. The van der Waals surface area contributed by atoms with Gasteiger partial charge in [-0.05, 0) is 6.10 Å². The zero-order valence-electron chi connectivity index (χ0n) is 7.95. The normalized spacial score (nSPS) is 20.5. The first-order valence-corrected chi connectivity index (χ1v) is 3.51. The molecular formula is C8H16O2Y2-2. The Hall–Kier alpha value is 2.13. The van der Waals surface area contributed by atoms with Crippen LogP contribution in [0.3, 0.4) is 0 Å². The third kappa shape index (κ3) is 18.0. The molecule has 2 atom stereocenters. The molecule has 0 amide bonds. The van der Waals surface area contributed by atoms with Gasteiger partial charge in [0.05, 0.1) is 0 Å². The summed E-state index contributed by atoms with van der Waals surface area (Å²) in [5.41, 5.74) is 0. The van der Waals surface area contributed by atoms with E-state index >= 15 is 0 Å². The molecule has 68 valence electrons. The van der Waals surface area contributed by atoms with Crippen LogP contribution in [0.4, 0.5) is 0 Å². The summed E-state index contributed by atoms with van der Waals surface area (Å²) < 4.78 is 9.39. The van der Waals surface area contributed by atoms with Gasteiger partial charge in [-0.2, -0.15) is 0 Å². The van der Waals surface area contributed by atoms with Crippen LogP contribution in [0.1, 0.15) is 13.3 Å². The predicted molar refractivity (Wildman–Crippen MR) is 41.5 cm³/mol. The van der Waals surface area contributed by atoms with Gasteiger partial charge in [0.2, 0.25) is 0 Å². The fourth-order valence-electron chi connectivity index (χ4n) is 0.235. The average Bonchev–Trinajstić information content (AvgIpc) is 2.71. The molecule has 1 fully saturated rings. The molecule has 1 aliphatic heterocycles. The third-order valence-electron chi connectivity index (χ3n) is 1.19. The monoisotopic (exact) mass is 322 g/mol. The Morgan fingerprint density at radius 2 is 1.92 bits per heavy atom. The van der Waals surface area contributed by atoms with Crippen molar-refractivity contribution in [2.75, 3.05) is 13.7 Å². The molecule has 2 nitrogen and oxygen atoms in total. The Morgan fingerprint density at radius 3 is 1.92 bits per heavy atom. The summed E-state index contributed by atoms with van der Waals surface area (Å²) in [4.78, 5) is 0. The summed E-state index contributed by atoms with van der Waals surface area (Å²) in [6.07, 6.45) is 1.52. The van der Waals surface area contributed by atoms with Crippen molar-refractivity contribution in [3.8, 4) is 0 Å². The fourth-order valence-corrected chi connectivity index (χ4v) is 0.235. The van der Waals surface area contributed by atoms with Crippen molar-refractivity contribution in [1.82, 2.24) is 0 Å². The van der Waals surface area contributed by atoms with Crippen LogP contribution in [0.15, 0.2) is 0 Å². The van der Waals surface area contributed by atoms with Gasteiger partial charge in [0, 0.05) is 79.1 Å². The van der Waals surface area contributed by atoms with Gasteiger partial charge < -0.3 is 23.3 Å². The Balaban J connectivity index is -0.000000120. The first-order valence-electron chi connectivity index (χ1n) is 3.51. The van der Waals surface area contributed by atoms with E-state index < -0.39 is 0 Å². The molecule has 0 aromatic rings. The molecule has 0 aromatic carbocycles. The van der Waals surface area contributed by atoms with Crippen molar-refractivity contribution >= 4 is 0 Å². The van der Waals surface area contributed by atoms with Crippen LogP contribution in [0.25, 0.3) is 0 Å². The second-order valence-corrected chi connectivity index (χ2v) is 2.22. The van der Waals surface area contributed by atoms with Gasteiger partial charge in [-0.15, -0.1) is 0 Å². The molecule has 1 aliphatic rings. The quantitative estimate of drug-likeness (QED) is 0.567. The van der Waals surface area contributed by atoms with Crippen molar-refractivity contribution in [2.45, 2.75) is 25.6 Å². The molecule has 0 saturated carbocycles. The molecular weight excluding hydrogens is 306 g/mol. The van der Waals surface area contributed by atoms with Crippen molar-refractivity contribution < 1.29 is 74.9 Å². The SMILES string of the molecule is [CH2-]C(CC)OC.[CH2-]C1CO1.[Y].[Y]. The van der Waals surface area contributed by atoms with Gasteiger partial charge in [-0.3, -0.25) is 0 Å². The smallest absolute Gasteiger partial charge is 0.0414 e. The van der Waals surface area contributed by atoms with Gasteiger partial charge in [0.15, 0.2) is 0 Å². The van der Waals surface area contributed by atoms with Crippen LogP contribution in [-0.4, -0.2) is 25.9 Å². The van der Waals surface area contributed by atoms with E-state index in [0.717, 1.165) is 13.0 Å². The summed E-state index contributed by atoms with van der Waals surface area (Å²) in [5, 5.41) is 0. The van der Waals surface area contributed by atoms with Gasteiger partial charge in [0.1, 0.15) is 0 Å². The Bertz CT molecular complexity index is 73.5. The van der Waals surface area contributed by atoms with E-state index in [9.17, 15) is 0 Å². The fraction of sp³-hybridized carbons (Fsp3) is 0.750. The second kappa shape index (κ2) is 13.1. The minimum absolute atomic E-state index is 0. The minimum Gasteiger partial charge on any atom is -0.413 e. The van der Waals surface area contributed by atoms with E-state index in [1.54, 1.807) is 7.11 Å². The average molecular weight is 322 g/mol. The molecule has 0 aliphatic carbocycles. The van der Waals surface area contributed by atoms with E-state index in [1.165, 1.54) is 0 Å². The van der Waals surface area contributed by atoms with Crippen molar-refractivity contribution in [3.63, 3.8) is 0 Å². The summed E-state index contributed by atoms with van der Waals surface area (Å²) in [7, 11) is 1.67. The molecule has 0 aromatic heterocycles. The van der Waals surface area contributed by atoms with E-state index in [-0.39, 0.29) is 71.5 Å². The van der Waals surface area contributed by atoms with Crippen LogP contribution >= 0.6 is 0 Å². The Labute approximate surface area is 126 Å². The summed E-state index contributed by atoms with van der Waals surface area (Å²) in [6, 6.07) is 0. The van der Waals surface area contributed by atoms with Gasteiger partial charge >= 0.3 is 0 Å². The van der Waals surface area contributed by atoms with Crippen molar-refractivity contribution in [3.05, 3.63) is 13.8 Å². The van der Waals surface area contributed by atoms with Gasteiger partial charge in [-0.25, -0.2) is 0 Å². The number of ether oxygens (including phenoxy) is 2. The largest absolute Gasteiger partial charge is 0.413 e. The van der Waals surface area contributed by atoms with Crippen LogP contribution in [0.2, 0.25) is 0 Å². The van der Waals surface area contributed by atoms with E-state index in [0.29, 0.717) is 6.10 Å². The van der Waals surface area contributed by atoms with Crippen LogP contribution < -0.4 is 0 Å². The van der Waals surface area contributed by atoms with Crippen LogP contribution in [-0.2, 0) is 74.9 Å². The Kier molecular flexibility index (Phi) is 21.5. The zero-order chi connectivity index (χ0) is 7.98. The minimum atomic E-state index is 0. The predicted octanol–water partition coefficient (Wildman–Crippen LogP) is 1.46. The maximum atomic E-state index is 4.79. The molecule has 12 heavy (non-hydrogen) atoms. The number of hydrogen-bond donors (Lipinski definition) is 0. The number of methoxy groups -OCH3 is 1. The number of epoxide rings is 1. The standard InChI is InChI=1S/C5H11O.C3H5O.2Y/c1-4-5(2)6-3;1-3-2-4-3;;/h5H,2,4H2,1,3H3;3H,1-2H2;;/q2*-1;;. The van der Waals surface area contributed by atoms with E-state index in [1.807, 2.05) is 6.92 Å². The third-order valence-corrected chi connectivity index (χ3v) is 1.19. The van der Waals surface area contributed by atoms with Gasteiger partial charge in [-0.1, -0.05) is 19.4 Å². The van der Waals surface area contributed by atoms with Crippen molar-refractivity contribution in [1.29, 1.82) is 0 Å². The molecule has 2 unspecified atom stereocenters. The maximum Gasteiger partial charge on any atom is 0.0414 e. The topological polar surface area (TPSA) is 21.8 Å². The summed E-state index contributed by atoms with van der Waals surface area (Å²) >= 11 is 0. The molecule has 1 rings (SSSR count). The number of hydrogen-bond acceptors (Lipinski definition) is 2.